The molecule has 0 bridgehead atoms. The number of carboxylic acid groups (broad SMARTS) is 1. The summed E-state index contributed by atoms with van der Waals surface area (Å²) in [5.74, 6) is -0.126. The monoisotopic (exact) mass is 307 g/mol. The van der Waals surface area contributed by atoms with Gasteiger partial charge in [0.2, 0.25) is 0 Å². The molecule has 1 fully saturated rings. The Labute approximate surface area is 129 Å². The summed E-state index contributed by atoms with van der Waals surface area (Å²) >= 11 is 0. The minimum Gasteiger partial charge on any atom is -0.493 e. The summed E-state index contributed by atoms with van der Waals surface area (Å²) in [7, 11) is 1.53. The van der Waals surface area contributed by atoms with E-state index in [1.165, 1.54) is 20.0 Å². The molecule has 1 aliphatic rings. The van der Waals surface area contributed by atoms with E-state index >= 15 is 0 Å². The molecule has 6 nitrogen and oxygen atoms in total. The molecule has 1 aliphatic carbocycles. The molecule has 0 heterocycles. The van der Waals surface area contributed by atoms with Crippen LogP contribution >= 0.6 is 0 Å². The lowest BCUT2D eigenvalue weighted by molar-refractivity contribution is -0.136. The highest BCUT2D eigenvalue weighted by Gasteiger charge is 2.19. The van der Waals surface area contributed by atoms with Gasteiger partial charge in [-0.3, -0.25) is 9.59 Å². The van der Waals surface area contributed by atoms with Crippen molar-refractivity contribution in [2.45, 2.75) is 38.2 Å². The Morgan fingerprint density at radius 2 is 2.00 bits per heavy atom. The van der Waals surface area contributed by atoms with Crippen LogP contribution in [0.2, 0.25) is 0 Å². The van der Waals surface area contributed by atoms with Crippen molar-refractivity contribution in [2.75, 3.05) is 13.7 Å². The van der Waals surface area contributed by atoms with Gasteiger partial charge in [0, 0.05) is 12.1 Å². The summed E-state index contributed by atoms with van der Waals surface area (Å²) in [5, 5.41) is 11.1. The fourth-order valence-corrected chi connectivity index (χ4v) is 2.48. The predicted molar refractivity (Wildman–Crippen MR) is 80.5 cm³/mol. The zero-order valence-corrected chi connectivity index (χ0v) is 12.6. The van der Waals surface area contributed by atoms with Crippen LogP contribution in [0.15, 0.2) is 18.2 Å². The van der Waals surface area contributed by atoms with Gasteiger partial charge in [-0.05, 0) is 43.9 Å². The number of carboxylic acids is 1. The molecule has 6 heteroatoms. The van der Waals surface area contributed by atoms with E-state index in [1.54, 1.807) is 18.2 Å². The second-order valence-electron chi connectivity index (χ2n) is 5.29. The van der Waals surface area contributed by atoms with Crippen LogP contribution in [0.25, 0.3) is 0 Å². The molecule has 1 saturated carbocycles. The van der Waals surface area contributed by atoms with Crippen molar-refractivity contribution >= 4 is 11.9 Å². The molecule has 0 unspecified atom stereocenters. The van der Waals surface area contributed by atoms with E-state index in [1.807, 2.05) is 0 Å². The van der Waals surface area contributed by atoms with Gasteiger partial charge in [-0.2, -0.15) is 0 Å². The van der Waals surface area contributed by atoms with E-state index in [0.717, 1.165) is 12.8 Å². The normalized spacial score (nSPS) is 14.6. The van der Waals surface area contributed by atoms with Crippen LogP contribution in [0.5, 0.6) is 11.5 Å². The third-order valence-electron chi connectivity index (χ3n) is 3.65. The topological polar surface area (TPSA) is 84.9 Å². The number of methoxy groups -OCH3 is 1. The van der Waals surface area contributed by atoms with Gasteiger partial charge in [0.05, 0.1) is 19.6 Å². The van der Waals surface area contributed by atoms with Crippen LogP contribution in [0.3, 0.4) is 0 Å². The Bertz CT molecular complexity index is 537. The number of hydrogen-bond donors (Lipinski definition) is 2. The van der Waals surface area contributed by atoms with Crippen LogP contribution in [-0.2, 0) is 4.79 Å². The average Bonchev–Trinajstić information content (AvgIpc) is 3.00. The first kappa shape index (κ1) is 16.1. The fourth-order valence-electron chi connectivity index (χ4n) is 2.48. The van der Waals surface area contributed by atoms with Gasteiger partial charge in [-0.25, -0.2) is 0 Å². The van der Waals surface area contributed by atoms with Crippen molar-refractivity contribution in [3.05, 3.63) is 23.8 Å². The maximum absolute atomic E-state index is 11.9. The summed E-state index contributed by atoms with van der Waals surface area (Å²) in [6, 6.07) is 4.99. The van der Waals surface area contributed by atoms with Crippen molar-refractivity contribution in [3.8, 4) is 11.5 Å². The largest absolute Gasteiger partial charge is 0.493 e. The Morgan fingerprint density at radius 3 is 2.64 bits per heavy atom. The zero-order chi connectivity index (χ0) is 15.9. The summed E-state index contributed by atoms with van der Waals surface area (Å²) in [5.41, 5.74) is 0.418. The fraction of sp³-hybridized carbons (Fsp3) is 0.500. The van der Waals surface area contributed by atoms with Crippen LogP contribution in [0.1, 0.15) is 42.5 Å². The second kappa shape index (κ2) is 7.68. The molecule has 0 atom stereocenters. The number of amides is 1. The van der Waals surface area contributed by atoms with Gasteiger partial charge in [0.15, 0.2) is 11.5 Å². The van der Waals surface area contributed by atoms with Gasteiger partial charge < -0.3 is 19.9 Å². The number of rotatable bonds is 7. The number of nitrogens with one attached hydrogen (secondary N) is 1. The van der Waals surface area contributed by atoms with Gasteiger partial charge in [0.1, 0.15) is 0 Å². The Morgan fingerprint density at radius 1 is 1.27 bits per heavy atom. The molecule has 2 rings (SSSR count). The van der Waals surface area contributed by atoms with Crippen LogP contribution < -0.4 is 14.8 Å². The lowest BCUT2D eigenvalue weighted by atomic mass is 10.2. The quantitative estimate of drug-likeness (QED) is 0.807. The van der Waals surface area contributed by atoms with E-state index in [0.29, 0.717) is 17.1 Å². The number of ether oxygens (including phenoxy) is 2. The van der Waals surface area contributed by atoms with E-state index in [4.69, 9.17) is 14.6 Å². The lowest BCUT2D eigenvalue weighted by Gasteiger charge is -2.16. The summed E-state index contributed by atoms with van der Waals surface area (Å²) in [4.78, 5) is 22.4. The molecule has 0 aliphatic heterocycles. The molecule has 0 spiro atoms. The molecule has 1 aromatic carbocycles. The average molecular weight is 307 g/mol. The standard InChI is InChI=1S/C16H21NO5/c1-21-14-10-11(16(20)17-9-8-15(18)19)6-7-13(14)22-12-4-2-3-5-12/h6-7,10,12H,2-5,8-9H2,1H3,(H,17,20)(H,18,19). The van der Waals surface area contributed by atoms with Crippen molar-refractivity contribution in [3.63, 3.8) is 0 Å². The molecular formula is C16H21NO5. The molecule has 120 valence electrons. The Balaban J connectivity index is 2.00. The molecular weight excluding hydrogens is 286 g/mol. The van der Waals surface area contributed by atoms with Crippen LogP contribution in [0.4, 0.5) is 0 Å². The first-order valence-corrected chi connectivity index (χ1v) is 7.45. The molecule has 0 saturated heterocycles. The summed E-state index contributed by atoms with van der Waals surface area (Å²) in [6.07, 6.45) is 4.55. The van der Waals surface area contributed by atoms with Gasteiger partial charge >= 0.3 is 5.97 Å². The van der Waals surface area contributed by atoms with E-state index < -0.39 is 5.97 Å². The Hall–Kier alpha value is -2.24. The molecule has 0 radical (unpaired) electrons. The van der Waals surface area contributed by atoms with Crippen molar-refractivity contribution in [1.29, 1.82) is 0 Å². The van der Waals surface area contributed by atoms with E-state index in [2.05, 4.69) is 5.32 Å². The number of hydrogen-bond acceptors (Lipinski definition) is 4. The minimum absolute atomic E-state index is 0.0941. The summed E-state index contributed by atoms with van der Waals surface area (Å²) < 4.78 is 11.2. The highest BCUT2D eigenvalue weighted by molar-refractivity contribution is 5.95. The predicted octanol–water partition coefficient (Wildman–Crippen LogP) is 2.22. The van der Waals surface area contributed by atoms with Crippen molar-refractivity contribution < 1.29 is 24.2 Å². The second-order valence-corrected chi connectivity index (χ2v) is 5.29. The number of benzene rings is 1. The maximum Gasteiger partial charge on any atom is 0.305 e. The van der Waals surface area contributed by atoms with Crippen molar-refractivity contribution in [2.24, 2.45) is 0 Å². The number of carbonyl (C=O) groups is 2. The Kier molecular flexibility index (Phi) is 5.63. The van der Waals surface area contributed by atoms with Crippen LogP contribution in [-0.4, -0.2) is 36.7 Å². The molecule has 1 aromatic rings. The molecule has 1 amide bonds. The molecule has 22 heavy (non-hydrogen) atoms. The maximum atomic E-state index is 11.9. The summed E-state index contributed by atoms with van der Waals surface area (Å²) in [6.45, 7) is 0.0941. The molecule has 0 aromatic heterocycles. The van der Waals surface area contributed by atoms with Crippen molar-refractivity contribution in [1.82, 2.24) is 5.32 Å². The first-order chi connectivity index (χ1) is 10.6. The van der Waals surface area contributed by atoms with Gasteiger partial charge in [0.25, 0.3) is 5.91 Å². The highest BCUT2D eigenvalue weighted by atomic mass is 16.5. The number of carbonyl (C=O) groups excluding carboxylic acids is 1. The first-order valence-electron chi connectivity index (χ1n) is 7.45. The SMILES string of the molecule is COc1cc(C(=O)NCCC(=O)O)ccc1OC1CCCC1. The minimum atomic E-state index is -0.946. The lowest BCUT2D eigenvalue weighted by Crippen LogP contribution is -2.26. The van der Waals surface area contributed by atoms with E-state index in [9.17, 15) is 9.59 Å². The van der Waals surface area contributed by atoms with Gasteiger partial charge in [-0.15, -0.1) is 0 Å². The van der Waals surface area contributed by atoms with Crippen LogP contribution in [0, 0.1) is 0 Å². The third-order valence-corrected chi connectivity index (χ3v) is 3.65. The number of aliphatic carboxylic acids is 1. The van der Waals surface area contributed by atoms with Gasteiger partial charge in [-0.1, -0.05) is 0 Å². The molecule has 2 N–H and O–H groups in total. The third kappa shape index (κ3) is 4.38. The smallest absolute Gasteiger partial charge is 0.305 e. The highest BCUT2D eigenvalue weighted by Crippen LogP contribution is 2.32. The zero-order valence-electron chi connectivity index (χ0n) is 12.6. The van der Waals surface area contributed by atoms with E-state index in [-0.39, 0.29) is 25.0 Å².